The van der Waals surface area contributed by atoms with Gasteiger partial charge >= 0.3 is 0 Å². The van der Waals surface area contributed by atoms with Gasteiger partial charge in [0.1, 0.15) is 0 Å². The second-order valence-electron chi connectivity index (χ2n) is 5.28. The first-order chi connectivity index (χ1) is 7.83. The van der Waals surface area contributed by atoms with Crippen molar-refractivity contribution >= 4 is 30.5 Å². The lowest BCUT2D eigenvalue weighted by Crippen LogP contribution is -2.36. The van der Waals surface area contributed by atoms with Crippen LogP contribution in [-0.4, -0.2) is 12.6 Å². The van der Waals surface area contributed by atoms with Crippen LogP contribution in [0.2, 0.25) is 0 Å². The Bertz CT molecular complexity index is 391. The van der Waals surface area contributed by atoms with Crippen molar-refractivity contribution in [1.82, 2.24) is 5.32 Å². The van der Waals surface area contributed by atoms with Gasteiger partial charge in [-0.1, -0.05) is 12.1 Å². The molecule has 0 radical (unpaired) electrons. The Balaban J connectivity index is 0.000000810. The summed E-state index contributed by atoms with van der Waals surface area (Å²) < 4.78 is 0. The molecule has 3 N–H and O–H groups in total. The Morgan fingerprint density at radius 1 is 1.17 bits per heavy atom. The van der Waals surface area contributed by atoms with E-state index in [1.54, 1.807) is 0 Å². The van der Waals surface area contributed by atoms with E-state index in [1.807, 2.05) is 6.07 Å². The van der Waals surface area contributed by atoms with Crippen LogP contribution in [0.3, 0.4) is 0 Å². The van der Waals surface area contributed by atoms with Crippen molar-refractivity contribution in [3.8, 4) is 0 Å². The number of hydrogen-bond donors (Lipinski definition) is 2. The third kappa shape index (κ3) is 3.53. The maximum Gasteiger partial charge on any atom is 0.0349 e. The molecule has 3 rings (SSSR count). The van der Waals surface area contributed by atoms with Crippen molar-refractivity contribution in [2.75, 3.05) is 12.3 Å². The van der Waals surface area contributed by atoms with Crippen molar-refractivity contribution in [2.45, 2.75) is 38.1 Å². The Hall–Kier alpha value is -0.440. The number of halogens is 2. The summed E-state index contributed by atoms with van der Waals surface area (Å²) in [6.07, 6.45) is 6.41. The van der Waals surface area contributed by atoms with E-state index in [4.69, 9.17) is 5.73 Å². The Kier molecular flexibility index (Phi) is 5.77. The smallest absolute Gasteiger partial charge is 0.0349 e. The minimum atomic E-state index is 0. The number of rotatable bonds is 3. The van der Waals surface area contributed by atoms with Gasteiger partial charge in [0.25, 0.3) is 0 Å². The van der Waals surface area contributed by atoms with Crippen LogP contribution in [0, 0.1) is 5.92 Å². The highest BCUT2D eigenvalue weighted by Gasteiger charge is 2.24. The molecule has 18 heavy (non-hydrogen) atoms. The highest BCUT2D eigenvalue weighted by molar-refractivity contribution is 5.85. The summed E-state index contributed by atoms with van der Waals surface area (Å²) in [7, 11) is 0. The Morgan fingerprint density at radius 3 is 2.67 bits per heavy atom. The molecule has 2 aliphatic carbocycles. The fourth-order valence-corrected chi connectivity index (χ4v) is 2.67. The van der Waals surface area contributed by atoms with Gasteiger partial charge in [-0.05, 0) is 61.8 Å². The molecule has 0 aromatic heterocycles. The van der Waals surface area contributed by atoms with E-state index in [1.165, 1.54) is 36.9 Å². The van der Waals surface area contributed by atoms with E-state index >= 15 is 0 Å². The summed E-state index contributed by atoms with van der Waals surface area (Å²) >= 11 is 0. The quantitative estimate of drug-likeness (QED) is 0.840. The molecule has 0 saturated heterocycles. The molecule has 0 spiro atoms. The first-order valence-corrected chi connectivity index (χ1v) is 6.42. The molecule has 2 nitrogen and oxygen atoms in total. The maximum atomic E-state index is 6.00. The lowest BCUT2D eigenvalue weighted by molar-refractivity contribution is 0.449. The molecule has 1 fully saturated rings. The second-order valence-corrected chi connectivity index (χ2v) is 5.28. The zero-order chi connectivity index (χ0) is 11.0. The highest BCUT2D eigenvalue weighted by Crippen LogP contribution is 2.29. The average Bonchev–Trinajstić information content (AvgIpc) is 3.10. The van der Waals surface area contributed by atoms with Crippen LogP contribution in [0.5, 0.6) is 0 Å². The van der Waals surface area contributed by atoms with Crippen molar-refractivity contribution in [1.29, 1.82) is 0 Å². The van der Waals surface area contributed by atoms with E-state index in [0.717, 1.165) is 24.4 Å². The van der Waals surface area contributed by atoms with Crippen molar-refractivity contribution < 1.29 is 0 Å². The van der Waals surface area contributed by atoms with Crippen molar-refractivity contribution in [2.24, 2.45) is 5.92 Å². The summed E-state index contributed by atoms with van der Waals surface area (Å²) in [5.74, 6) is 0.974. The van der Waals surface area contributed by atoms with Crippen molar-refractivity contribution in [3.05, 3.63) is 29.3 Å². The summed E-state index contributed by atoms with van der Waals surface area (Å²) in [6, 6.07) is 7.01. The van der Waals surface area contributed by atoms with Crippen LogP contribution in [0.4, 0.5) is 5.69 Å². The molecule has 102 valence electrons. The normalized spacial score (nSPS) is 21.4. The van der Waals surface area contributed by atoms with Gasteiger partial charge in [0.2, 0.25) is 0 Å². The molecule has 2 aliphatic rings. The molecular formula is C14H22Cl2N2. The number of anilines is 1. The van der Waals surface area contributed by atoms with Gasteiger partial charge in [-0.2, -0.15) is 0 Å². The van der Waals surface area contributed by atoms with Gasteiger partial charge in [0.15, 0.2) is 0 Å². The summed E-state index contributed by atoms with van der Waals surface area (Å²) in [5, 5.41) is 3.70. The predicted molar refractivity (Wildman–Crippen MR) is 81.9 cm³/mol. The molecule has 0 amide bonds. The van der Waals surface area contributed by atoms with E-state index in [2.05, 4.69) is 17.4 Å². The van der Waals surface area contributed by atoms with E-state index < -0.39 is 0 Å². The second kappa shape index (κ2) is 6.65. The zero-order valence-corrected chi connectivity index (χ0v) is 12.2. The van der Waals surface area contributed by atoms with E-state index in [9.17, 15) is 0 Å². The molecule has 0 heterocycles. The number of nitrogen functional groups attached to an aromatic ring is 1. The lowest BCUT2D eigenvalue weighted by Gasteiger charge is -2.26. The third-order valence-electron chi connectivity index (χ3n) is 3.91. The molecule has 1 aromatic rings. The fourth-order valence-electron chi connectivity index (χ4n) is 2.67. The summed E-state index contributed by atoms with van der Waals surface area (Å²) in [6.45, 7) is 1.22. The Labute approximate surface area is 122 Å². The zero-order valence-electron chi connectivity index (χ0n) is 10.5. The number of nitrogens with one attached hydrogen (secondary N) is 1. The number of fused-ring (bicyclic) bond motifs is 1. The van der Waals surface area contributed by atoms with E-state index in [-0.39, 0.29) is 24.8 Å². The molecule has 4 heteroatoms. The monoisotopic (exact) mass is 288 g/mol. The van der Waals surface area contributed by atoms with Crippen LogP contribution in [-0.2, 0) is 12.8 Å². The first-order valence-electron chi connectivity index (χ1n) is 6.42. The topological polar surface area (TPSA) is 38.0 Å². The Morgan fingerprint density at radius 2 is 1.94 bits per heavy atom. The standard InChI is InChI=1S/C14H20N2.2ClH/c15-14-3-1-2-11-8-12(6-7-13(11)14)16-9-10-4-5-10;;/h1-3,10,12,16H,4-9,15H2;2*1H. The van der Waals surface area contributed by atoms with Gasteiger partial charge < -0.3 is 11.1 Å². The molecule has 1 saturated carbocycles. The number of hydrogen-bond acceptors (Lipinski definition) is 2. The molecule has 0 bridgehead atoms. The lowest BCUT2D eigenvalue weighted by atomic mass is 9.87. The van der Waals surface area contributed by atoms with Gasteiger partial charge in [0.05, 0.1) is 0 Å². The number of nitrogens with two attached hydrogens (primary N) is 1. The van der Waals surface area contributed by atoms with Crippen LogP contribution in [0.15, 0.2) is 18.2 Å². The predicted octanol–water partition coefficient (Wildman–Crippen LogP) is 2.97. The third-order valence-corrected chi connectivity index (χ3v) is 3.91. The molecule has 1 atom stereocenters. The van der Waals surface area contributed by atoms with Gasteiger partial charge in [-0.3, -0.25) is 0 Å². The minimum Gasteiger partial charge on any atom is -0.398 e. The minimum absolute atomic E-state index is 0. The number of benzene rings is 1. The van der Waals surface area contributed by atoms with Crippen molar-refractivity contribution in [3.63, 3.8) is 0 Å². The van der Waals surface area contributed by atoms with Gasteiger partial charge in [0, 0.05) is 11.7 Å². The summed E-state index contributed by atoms with van der Waals surface area (Å²) in [4.78, 5) is 0. The first kappa shape index (κ1) is 15.6. The SMILES string of the molecule is Cl.Cl.Nc1cccc2c1CCC(NCC1CC1)C2. The highest BCUT2D eigenvalue weighted by atomic mass is 35.5. The molecule has 0 aliphatic heterocycles. The van der Waals surface area contributed by atoms with Crippen LogP contribution in [0.1, 0.15) is 30.4 Å². The van der Waals surface area contributed by atoms with Crippen LogP contribution >= 0.6 is 24.8 Å². The average molecular weight is 289 g/mol. The van der Waals surface area contributed by atoms with Crippen LogP contribution < -0.4 is 11.1 Å². The largest absolute Gasteiger partial charge is 0.398 e. The fraction of sp³-hybridized carbons (Fsp3) is 0.571. The molecule has 1 unspecified atom stereocenters. The molecular weight excluding hydrogens is 267 g/mol. The molecule has 1 aromatic carbocycles. The van der Waals surface area contributed by atoms with Crippen LogP contribution in [0.25, 0.3) is 0 Å². The summed E-state index contributed by atoms with van der Waals surface area (Å²) in [5.41, 5.74) is 9.84. The van der Waals surface area contributed by atoms with E-state index in [0.29, 0.717) is 6.04 Å². The maximum absolute atomic E-state index is 6.00. The van der Waals surface area contributed by atoms with Gasteiger partial charge in [-0.25, -0.2) is 0 Å². The van der Waals surface area contributed by atoms with Gasteiger partial charge in [-0.15, -0.1) is 24.8 Å².